The number of hydrogen-bond acceptors (Lipinski definition) is 6. The zero-order valence-corrected chi connectivity index (χ0v) is 23.9. The number of hydrogen-bond donors (Lipinski definition) is 0. The molecule has 0 bridgehead atoms. The second-order valence-electron chi connectivity index (χ2n) is 8.91. The number of unbranched alkanes of at least 4 members (excludes halogenated alkanes) is 1. The molecular weight excluding hydrogens is 549 g/mol. The van der Waals surface area contributed by atoms with Gasteiger partial charge in [-0.05, 0) is 55.2 Å². The summed E-state index contributed by atoms with van der Waals surface area (Å²) in [5, 5.41) is 0.724. The van der Waals surface area contributed by atoms with Gasteiger partial charge in [-0.3, -0.25) is 18.9 Å². The third-order valence-corrected chi connectivity index (χ3v) is 8.19. The molecule has 1 aliphatic heterocycles. The van der Waals surface area contributed by atoms with Crippen LogP contribution in [0.2, 0.25) is 10.0 Å². The normalized spacial score (nSPS) is 15.7. The number of pyridine rings is 1. The van der Waals surface area contributed by atoms with Gasteiger partial charge in [-0.15, -0.1) is 0 Å². The van der Waals surface area contributed by atoms with Gasteiger partial charge in [0, 0.05) is 17.8 Å². The number of carbonyl (C=O) groups excluding carboxylic acids is 1. The molecule has 1 unspecified atom stereocenters. The zero-order chi connectivity index (χ0) is 26.7. The summed E-state index contributed by atoms with van der Waals surface area (Å²) in [5.41, 5.74) is 1.00. The molecule has 2 aromatic heterocycles. The number of aryl methyl sites for hydroxylation is 1. The minimum atomic E-state index is -0.367. The average Bonchev–Trinajstić information content (AvgIpc) is 3.13. The van der Waals surface area contributed by atoms with Crippen LogP contribution in [0.5, 0.6) is 11.6 Å². The first kappa shape index (κ1) is 27.6. The fraction of sp³-hybridized carbons (Fsp3) is 0.333. The van der Waals surface area contributed by atoms with Gasteiger partial charge in [0.1, 0.15) is 21.3 Å². The standard InChI is InChI=1S/C27H27Cl2N3O3S2/c1-4-6-9-17(5-2)15-32-26(34)22(37-27(32)36)14-19-24(35-21-11-10-18(28)13-20(21)29)30-23-16(3)8-7-12-31(23)25(19)33/h7-8,10-14,17H,4-6,9,15H2,1-3H3/b22-14+. The van der Waals surface area contributed by atoms with E-state index in [1.165, 1.54) is 22.2 Å². The van der Waals surface area contributed by atoms with Crippen LogP contribution in [0.15, 0.2) is 46.2 Å². The van der Waals surface area contributed by atoms with E-state index in [0.717, 1.165) is 31.2 Å². The van der Waals surface area contributed by atoms with Crippen LogP contribution < -0.4 is 10.3 Å². The van der Waals surface area contributed by atoms with Crippen molar-refractivity contribution in [1.82, 2.24) is 14.3 Å². The van der Waals surface area contributed by atoms with Crippen LogP contribution in [0.3, 0.4) is 0 Å². The summed E-state index contributed by atoms with van der Waals surface area (Å²) in [5.74, 6) is 0.487. The van der Waals surface area contributed by atoms with E-state index in [2.05, 4.69) is 18.8 Å². The quantitative estimate of drug-likeness (QED) is 0.194. The van der Waals surface area contributed by atoms with Crippen LogP contribution in [0.25, 0.3) is 11.7 Å². The van der Waals surface area contributed by atoms with Gasteiger partial charge >= 0.3 is 0 Å². The van der Waals surface area contributed by atoms with Crippen molar-refractivity contribution in [1.29, 1.82) is 0 Å². The van der Waals surface area contributed by atoms with Gasteiger partial charge in [-0.2, -0.15) is 4.98 Å². The molecule has 0 spiro atoms. The average molecular weight is 577 g/mol. The van der Waals surface area contributed by atoms with Crippen molar-refractivity contribution in [3.63, 3.8) is 0 Å². The van der Waals surface area contributed by atoms with Crippen molar-refractivity contribution in [2.24, 2.45) is 5.92 Å². The Bertz CT molecular complexity index is 1450. The minimum absolute atomic E-state index is 0.0446. The first-order valence-corrected chi connectivity index (χ1v) is 14.1. The number of fused-ring (bicyclic) bond motifs is 1. The highest BCUT2D eigenvalue weighted by molar-refractivity contribution is 8.26. The first-order chi connectivity index (χ1) is 17.7. The molecule has 0 saturated carbocycles. The summed E-state index contributed by atoms with van der Waals surface area (Å²) in [6, 6.07) is 8.41. The number of carbonyl (C=O) groups is 1. The fourth-order valence-electron chi connectivity index (χ4n) is 4.12. The highest BCUT2D eigenvalue weighted by Gasteiger charge is 2.34. The Balaban J connectivity index is 1.77. The number of halogens is 2. The van der Waals surface area contributed by atoms with E-state index in [0.29, 0.717) is 38.1 Å². The third kappa shape index (κ3) is 6.03. The van der Waals surface area contributed by atoms with Gasteiger partial charge < -0.3 is 4.74 Å². The highest BCUT2D eigenvalue weighted by atomic mass is 35.5. The van der Waals surface area contributed by atoms with Gasteiger partial charge in [0.15, 0.2) is 0 Å². The van der Waals surface area contributed by atoms with Crippen LogP contribution >= 0.6 is 47.2 Å². The smallest absolute Gasteiger partial charge is 0.269 e. The number of rotatable bonds is 9. The van der Waals surface area contributed by atoms with Crippen molar-refractivity contribution in [2.45, 2.75) is 46.5 Å². The lowest BCUT2D eigenvalue weighted by Crippen LogP contribution is -2.33. The molecule has 1 atom stereocenters. The molecule has 0 aliphatic carbocycles. The van der Waals surface area contributed by atoms with E-state index >= 15 is 0 Å². The Kier molecular flexibility index (Phi) is 8.95. The molecule has 6 nitrogen and oxygen atoms in total. The van der Waals surface area contributed by atoms with Gasteiger partial charge in [0.05, 0.1) is 9.93 Å². The largest absolute Gasteiger partial charge is 0.437 e. The lowest BCUT2D eigenvalue weighted by Gasteiger charge is -2.21. The summed E-state index contributed by atoms with van der Waals surface area (Å²) >= 11 is 19.1. The topological polar surface area (TPSA) is 63.9 Å². The predicted octanol–water partition coefficient (Wildman–Crippen LogP) is 7.52. The zero-order valence-electron chi connectivity index (χ0n) is 20.8. The number of benzene rings is 1. The number of aromatic nitrogens is 2. The lowest BCUT2D eigenvalue weighted by atomic mass is 9.99. The second kappa shape index (κ2) is 12.0. The number of thiocarbonyl (C=S) groups is 1. The molecule has 3 heterocycles. The summed E-state index contributed by atoms with van der Waals surface area (Å²) in [4.78, 5) is 33.6. The molecule has 3 aromatic rings. The second-order valence-corrected chi connectivity index (χ2v) is 11.4. The maximum Gasteiger partial charge on any atom is 0.269 e. The molecule has 37 heavy (non-hydrogen) atoms. The van der Waals surface area contributed by atoms with E-state index in [9.17, 15) is 9.59 Å². The van der Waals surface area contributed by atoms with Crippen LogP contribution in [-0.4, -0.2) is 31.1 Å². The number of nitrogens with zero attached hydrogens (tertiary/aromatic N) is 3. The number of ether oxygens (including phenoxy) is 1. The van der Waals surface area contributed by atoms with Crippen molar-refractivity contribution in [3.8, 4) is 11.6 Å². The molecule has 4 rings (SSSR count). The van der Waals surface area contributed by atoms with Crippen molar-refractivity contribution in [2.75, 3.05) is 6.54 Å². The Morgan fingerprint density at radius 2 is 2.00 bits per heavy atom. The molecule has 0 radical (unpaired) electrons. The maximum absolute atomic E-state index is 13.6. The Morgan fingerprint density at radius 1 is 1.22 bits per heavy atom. The summed E-state index contributed by atoms with van der Waals surface area (Å²) in [6.45, 7) is 6.71. The van der Waals surface area contributed by atoms with Gasteiger partial charge in [0.25, 0.3) is 11.5 Å². The van der Waals surface area contributed by atoms with Gasteiger partial charge in [0.2, 0.25) is 5.88 Å². The predicted molar refractivity (Wildman–Crippen MR) is 156 cm³/mol. The molecule has 1 aromatic carbocycles. The number of amides is 1. The van der Waals surface area contributed by atoms with Crippen LogP contribution in [-0.2, 0) is 4.79 Å². The molecule has 10 heteroatoms. The summed E-state index contributed by atoms with van der Waals surface area (Å²) in [7, 11) is 0. The first-order valence-electron chi connectivity index (χ1n) is 12.1. The Labute approximate surface area is 235 Å². The Hall–Kier alpha value is -2.39. The van der Waals surface area contributed by atoms with Crippen LogP contribution in [0.1, 0.15) is 50.7 Å². The lowest BCUT2D eigenvalue weighted by molar-refractivity contribution is -0.122. The molecular formula is C27H27Cl2N3O3S2. The van der Waals surface area contributed by atoms with Crippen molar-refractivity contribution < 1.29 is 9.53 Å². The molecule has 194 valence electrons. The molecule has 0 N–H and O–H groups in total. The fourth-order valence-corrected chi connectivity index (χ4v) is 5.82. The molecule has 1 amide bonds. The minimum Gasteiger partial charge on any atom is -0.437 e. The third-order valence-electron chi connectivity index (χ3n) is 6.28. The summed E-state index contributed by atoms with van der Waals surface area (Å²) in [6.07, 6.45) is 7.38. The van der Waals surface area contributed by atoms with E-state index < -0.39 is 0 Å². The van der Waals surface area contributed by atoms with Gasteiger partial charge in [-0.1, -0.05) is 86.4 Å². The van der Waals surface area contributed by atoms with Gasteiger partial charge in [-0.25, -0.2) is 0 Å². The number of thioether (sulfide) groups is 1. The molecule has 1 aliphatic rings. The summed E-state index contributed by atoms with van der Waals surface area (Å²) < 4.78 is 7.96. The van der Waals surface area contributed by atoms with E-state index in [1.54, 1.807) is 35.4 Å². The monoisotopic (exact) mass is 575 g/mol. The highest BCUT2D eigenvalue weighted by Crippen LogP contribution is 2.36. The molecule has 1 saturated heterocycles. The van der Waals surface area contributed by atoms with Crippen LogP contribution in [0.4, 0.5) is 0 Å². The maximum atomic E-state index is 13.6. The van der Waals surface area contributed by atoms with E-state index in [1.807, 2.05) is 13.0 Å². The van der Waals surface area contributed by atoms with E-state index in [4.69, 9.17) is 40.2 Å². The van der Waals surface area contributed by atoms with Crippen molar-refractivity contribution in [3.05, 3.63) is 73.0 Å². The van der Waals surface area contributed by atoms with E-state index in [-0.39, 0.29) is 27.9 Å². The van der Waals surface area contributed by atoms with Crippen LogP contribution in [0, 0.1) is 12.8 Å². The van der Waals surface area contributed by atoms with Crippen molar-refractivity contribution >= 4 is 69.1 Å². The molecule has 1 fully saturated rings. The SMILES string of the molecule is CCCCC(CC)CN1C(=O)/C(=C\c2c(Oc3ccc(Cl)cc3Cl)nc3c(C)cccn3c2=O)SC1=S. The Morgan fingerprint density at radius 3 is 2.70 bits per heavy atom.